The molecule has 8 nitrogen and oxygen atoms in total. The first-order valence-corrected chi connectivity index (χ1v) is 10.7. The zero-order chi connectivity index (χ0) is 22.4. The predicted molar refractivity (Wildman–Crippen MR) is 122 cm³/mol. The Hall–Kier alpha value is -3.65. The Kier molecular flexibility index (Phi) is 4.94. The highest BCUT2D eigenvalue weighted by atomic mass is 16.3. The molecule has 2 aromatic rings. The number of benzene rings is 2. The van der Waals surface area contributed by atoms with Crippen LogP contribution in [-0.2, 0) is 4.79 Å². The minimum Gasteiger partial charge on any atom is -0.396 e. The van der Waals surface area contributed by atoms with Gasteiger partial charge in [0.25, 0.3) is 5.91 Å². The number of imide groups is 1. The quantitative estimate of drug-likeness (QED) is 0.787. The average Bonchev–Trinajstić information content (AvgIpc) is 3.35. The van der Waals surface area contributed by atoms with Gasteiger partial charge in [-0.05, 0) is 25.5 Å². The second kappa shape index (κ2) is 7.80. The van der Waals surface area contributed by atoms with Gasteiger partial charge in [0.05, 0.1) is 5.70 Å². The summed E-state index contributed by atoms with van der Waals surface area (Å²) in [5, 5.41) is 9.20. The van der Waals surface area contributed by atoms with E-state index in [9.17, 15) is 14.7 Å². The van der Waals surface area contributed by atoms with E-state index in [0.717, 1.165) is 22.5 Å². The molecule has 0 radical (unpaired) electrons. The molecule has 8 heteroatoms. The van der Waals surface area contributed by atoms with Crippen molar-refractivity contribution in [1.29, 1.82) is 0 Å². The molecule has 3 heterocycles. The number of hydrogen-bond donors (Lipinski definition) is 1. The SMILES string of the molecule is Cc1ccc(N2C(c3ccccc3)=CN3C2=NC2C3C(=O)N(CCCO)C(=O)N2C)cc1. The van der Waals surface area contributed by atoms with Crippen LogP contribution in [0.4, 0.5) is 10.5 Å². The van der Waals surface area contributed by atoms with Gasteiger partial charge in [-0.3, -0.25) is 19.5 Å². The van der Waals surface area contributed by atoms with Gasteiger partial charge in [-0.1, -0.05) is 48.0 Å². The topological polar surface area (TPSA) is 79.7 Å². The van der Waals surface area contributed by atoms with Crippen molar-refractivity contribution >= 4 is 29.3 Å². The van der Waals surface area contributed by atoms with Crippen LogP contribution in [0.1, 0.15) is 17.5 Å². The maximum atomic E-state index is 13.4. The lowest BCUT2D eigenvalue weighted by atomic mass is 10.1. The number of amides is 3. The highest BCUT2D eigenvalue weighted by Gasteiger charge is 2.54. The molecule has 0 aliphatic carbocycles. The van der Waals surface area contributed by atoms with E-state index < -0.39 is 12.2 Å². The molecule has 3 aliphatic heterocycles. The maximum absolute atomic E-state index is 13.4. The van der Waals surface area contributed by atoms with E-state index in [1.165, 1.54) is 9.80 Å². The fraction of sp³-hybridized carbons (Fsp3) is 0.292. The Morgan fingerprint density at radius 2 is 1.75 bits per heavy atom. The molecule has 0 saturated carbocycles. The monoisotopic (exact) mass is 431 g/mol. The number of anilines is 1. The number of fused-ring (bicyclic) bond motifs is 3. The number of aliphatic hydroxyl groups excluding tert-OH is 1. The molecular formula is C24H25N5O3. The summed E-state index contributed by atoms with van der Waals surface area (Å²) in [7, 11) is 1.67. The lowest BCUT2D eigenvalue weighted by Gasteiger charge is -2.40. The van der Waals surface area contributed by atoms with Gasteiger partial charge >= 0.3 is 6.03 Å². The zero-order valence-electron chi connectivity index (χ0n) is 18.0. The van der Waals surface area contributed by atoms with Crippen molar-refractivity contribution in [2.24, 2.45) is 4.99 Å². The van der Waals surface area contributed by atoms with Gasteiger partial charge in [0.1, 0.15) is 0 Å². The number of carbonyl (C=O) groups is 2. The first kappa shape index (κ1) is 20.3. The zero-order valence-corrected chi connectivity index (χ0v) is 18.0. The third-order valence-electron chi connectivity index (χ3n) is 6.11. The molecule has 2 unspecified atom stereocenters. The molecule has 0 bridgehead atoms. The van der Waals surface area contributed by atoms with Crippen LogP contribution in [0.2, 0.25) is 0 Å². The van der Waals surface area contributed by atoms with Gasteiger partial charge in [-0.15, -0.1) is 0 Å². The first-order chi connectivity index (χ1) is 15.5. The molecule has 5 rings (SSSR count). The highest BCUT2D eigenvalue weighted by Crippen LogP contribution is 2.40. The summed E-state index contributed by atoms with van der Waals surface area (Å²) in [6, 6.07) is 17.1. The number of likely N-dealkylation sites (N-methyl/N-ethyl adjacent to an activating group) is 1. The molecule has 2 aromatic carbocycles. The summed E-state index contributed by atoms with van der Waals surface area (Å²) >= 11 is 0. The van der Waals surface area contributed by atoms with E-state index in [2.05, 4.69) is 0 Å². The Morgan fingerprint density at radius 1 is 1.03 bits per heavy atom. The number of guanidine groups is 1. The standard InChI is InChI=1S/C24H25N5O3/c1-16-9-11-18(12-10-16)29-19(17-7-4-3-5-8-17)15-28-20-21(25-23(28)29)26(2)24(32)27(22(20)31)13-6-14-30/h3-5,7-12,15,20-21,30H,6,13-14H2,1-2H3. The largest absolute Gasteiger partial charge is 0.396 e. The molecule has 164 valence electrons. The molecule has 1 fully saturated rings. The first-order valence-electron chi connectivity index (χ1n) is 10.7. The molecule has 0 spiro atoms. The van der Waals surface area contributed by atoms with Crippen LogP contribution >= 0.6 is 0 Å². The van der Waals surface area contributed by atoms with E-state index in [1.807, 2.05) is 77.5 Å². The van der Waals surface area contributed by atoms with Crippen molar-refractivity contribution in [2.45, 2.75) is 25.6 Å². The van der Waals surface area contributed by atoms with Gasteiger partial charge in [0.2, 0.25) is 5.96 Å². The molecule has 2 atom stereocenters. The number of aliphatic imine (C=N–C) groups is 1. The maximum Gasteiger partial charge on any atom is 0.328 e. The molecule has 0 aromatic heterocycles. The Labute approximate surface area is 186 Å². The van der Waals surface area contributed by atoms with Crippen LogP contribution in [0.3, 0.4) is 0 Å². The van der Waals surface area contributed by atoms with Crippen LogP contribution < -0.4 is 4.90 Å². The molecule has 1 N–H and O–H groups in total. The van der Waals surface area contributed by atoms with Crippen molar-refractivity contribution in [3.63, 3.8) is 0 Å². The number of carbonyl (C=O) groups excluding carboxylic acids is 2. The van der Waals surface area contributed by atoms with Crippen molar-refractivity contribution < 1.29 is 14.7 Å². The van der Waals surface area contributed by atoms with Gasteiger partial charge in [-0.2, -0.15) is 0 Å². The average molecular weight is 431 g/mol. The van der Waals surface area contributed by atoms with E-state index in [1.54, 1.807) is 7.05 Å². The summed E-state index contributed by atoms with van der Waals surface area (Å²) in [5.74, 6) is 0.333. The molecule has 3 aliphatic rings. The third-order valence-corrected chi connectivity index (χ3v) is 6.11. The summed E-state index contributed by atoms with van der Waals surface area (Å²) < 4.78 is 0. The smallest absolute Gasteiger partial charge is 0.328 e. The van der Waals surface area contributed by atoms with Crippen LogP contribution in [0.5, 0.6) is 0 Å². The van der Waals surface area contributed by atoms with Crippen LogP contribution in [-0.4, -0.2) is 70.1 Å². The second-order valence-corrected chi connectivity index (χ2v) is 8.21. The van der Waals surface area contributed by atoms with E-state index in [-0.39, 0.29) is 25.1 Å². The summed E-state index contributed by atoms with van der Waals surface area (Å²) in [6.07, 6.45) is 1.69. The Balaban J connectivity index is 1.59. The normalized spacial score (nSPS) is 22.2. The van der Waals surface area contributed by atoms with E-state index in [0.29, 0.717) is 12.4 Å². The summed E-state index contributed by atoms with van der Waals surface area (Å²) in [5.41, 5.74) is 4.01. The second-order valence-electron chi connectivity index (χ2n) is 8.21. The fourth-order valence-electron chi connectivity index (χ4n) is 4.43. The van der Waals surface area contributed by atoms with Crippen molar-refractivity contribution in [3.8, 4) is 0 Å². The molecule has 32 heavy (non-hydrogen) atoms. The number of rotatable bonds is 5. The lowest BCUT2D eigenvalue weighted by Crippen LogP contribution is -2.64. The van der Waals surface area contributed by atoms with Crippen LogP contribution in [0, 0.1) is 6.92 Å². The van der Waals surface area contributed by atoms with Gasteiger partial charge in [0.15, 0.2) is 12.2 Å². The van der Waals surface area contributed by atoms with Crippen LogP contribution in [0.25, 0.3) is 5.70 Å². The minimum atomic E-state index is -0.638. The minimum absolute atomic E-state index is 0.0837. The number of aryl methyl sites for hydroxylation is 1. The van der Waals surface area contributed by atoms with E-state index in [4.69, 9.17) is 4.99 Å². The van der Waals surface area contributed by atoms with Crippen molar-refractivity contribution in [2.75, 3.05) is 25.1 Å². The predicted octanol–water partition coefficient (Wildman–Crippen LogP) is 2.46. The number of hydrogen-bond acceptors (Lipinski definition) is 6. The lowest BCUT2D eigenvalue weighted by molar-refractivity contribution is -0.136. The molecule has 3 amide bonds. The summed E-state index contributed by atoms with van der Waals surface area (Å²) in [4.78, 5) is 37.7. The van der Waals surface area contributed by atoms with Gasteiger partial charge in [0, 0.05) is 37.7 Å². The van der Waals surface area contributed by atoms with E-state index >= 15 is 0 Å². The van der Waals surface area contributed by atoms with Crippen molar-refractivity contribution in [3.05, 3.63) is 71.9 Å². The molecule has 1 saturated heterocycles. The number of nitrogens with zero attached hydrogens (tertiary/aromatic N) is 5. The fourth-order valence-corrected chi connectivity index (χ4v) is 4.43. The van der Waals surface area contributed by atoms with Gasteiger partial charge < -0.3 is 10.0 Å². The van der Waals surface area contributed by atoms with Crippen molar-refractivity contribution in [1.82, 2.24) is 14.7 Å². The summed E-state index contributed by atoms with van der Waals surface area (Å²) in [6.45, 7) is 2.14. The van der Waals surface area contributed by atoms with Crippen LogP contribution in [0.15, 0.2) is 65.8 Å². The molecular weight excluding hydrogens is 406 g/mol. The number of urea groups is 1. The third kappa shape index (κ3) is 3.06. The van der Waals surface area contributed by atoms with Gasteiger partial charge in [-0.25, -0.2) is 9.79 Å². The highest BCUT2D eigenvalue weighted by molar-refractivity contribution is 6.16. The Morgan fingerprint density at radius 3 is 2.44 bits per heavy atom. The Bertz CT molecular complexity index is 1110. The number of aliphatic hydroxyl groups is 1.